The molecule has 1 atom stereocenters. The van der Waals surface area contributed by atoms with Crippen LogP contribution in [0.3, 0.4) is 0 Å². The Bertz CT molecular complexity index is 758. The fraction of sp³-hybridized carbons (Fsp3) is 0.708. The van der Waals surface area contributed by atoms with Crippen molar-refractivity contribution in [3.63, 3.8) is 0 Å². The number of carbonyl (C=O) groups excluding carboxylic acids is 2. The Morgan fingerprint density at radius 3 is 2.39 bits per heavy atom. The first-order chi connectivity index (χ1) is 14.7. The van der Waals surface area contributed by atoms with Crippen molar-refractivity contribution in [2.24, 2.45) is 5.92 Å². The van der Waals surface area contributed by atoms with E-state index in [-0.39, 0.29) is 11.8 Å². The number of Topliss-reactive ketones (excluding diaryl/α,β-unsaturated/α-hetero) is 1. The van der Waals surface area contributed by atoms with Crippen LogP contribution in [0.15, 0.2) is 24.4 Å². The van der Waals surface area contributed by atoms with Crippen molar-refractivity contribution in [1.29, 1.82) is 0 Å². The van der Waals surface area contributed by atoms with Gasteiger partial charge in [0.25, 0.3) is 0 Å². The monoisotopic (exact) mass is 429 g/mol. The summed E-state index contributed by atoms with van der Waals surface area (Å²) in [6.07, 6.45) is 4.13. The third kappa shape index (κ3) is 5.09. The maximum atomic E-state index is 13.9. The van der Waals surface area contributed by atoms with Gasteiger partial charge in [-0.1, -0.05) is 19.9 Å². The van der Waals surface area contributed by atoms with Gasteiger partial charge >= 0.3 is 6.03 Å². The molecule has 2 aliphatic rings. The highest BCUT2D eigenvalue weighted by atomic mass is 16.2. The summed E-state index contributed by atoms with van der Waals surface area (Å²) in [6.45, 7) is 14.0. The topological polar surface area (TPSA) is 68.8 Å². The zero-order valence-electron chi connectivity index (χ0n) is 19.9. The van der Waals surface area contributed by atoms with E-state index in [0.29, 0.717) is 31.0 Å². The quantitative estimate of drug-likeness (QED) is 0.704. The normalized spacial score (nSPS) is 24.9. The molecule has 172 valence electrons. The predicted molar refractivity (Wildman–Crippen MR) is 123 cm³/mol. The number of nitrogens with zero attached hydrogens (tertiary/aromatic N) is 4. The molecule has 1 N–H and O–H groups in total. The highest BCUT2D eigenvalue weighted by Gasteiger charge is 2.53. The van der Waals surface area contributed by atoms with Crippen LogP contribution in [0.25, 0.3) is 0 Å². The van der Waals surface area contributed by atoms with Crippen molar-refractivity contribution in [3.05, 3.63) is 30.1 Å². The standard InChI is InChI=1S/C24H39N5O2/c1-19(2)9-12-27-14-16-28(17-15-27)24(21(30)20-8-6-7-11-26-20)10-13-29(22(31)25-5)23(3,4)18-24/h6-8,11,19H,9-10,12-18H2,1-5H3,(H,25,31). The van der Waals surface area contributed by atoms with Crippen molar-refractivity contribution < 1.29 is 9.59 Å². The first-order valence-electron chi connectivity index (χ1n) is 11.6. The molecule has 3 heterocycles. The molecule has 2 fully saturated rings. The van der Waals surface area contributed by atoms with E-state index in [1.54, 1.807) is 13.2 Å². The third-order valence-corrected chi connectivity index (χ3v) is 6.98. The van der Waals surface area contributed by atoms with Gasteiger partial charge in [0.2, 0.25) is 5.78 Å². The number of hydrogen-bond acceptors (Lipinski definition) is 5. The fourth-order valence-corrected chi connectivity index (χ4v) is 5.19. The average Bonchev–Trinajstić information content (AvgIpc) is 2.76. The van der Waals surface area contributed by atoms with Crippen molar-refractivity contribution in [2.75, 3.05) is 46.3 Å². The van der Waals surface area contributed by atoms with Gasteiger partial charge in [0.1, 0.15) is 5.69 Å². The predicted octanol–water partition coefficient (Wildman–Crippen LogP) is 2.88. The molecule has 0 aliphatic carbocycles. The molecule has 0 bridgehead atoms. The first kappa shape index (κ1) is 23.7. The van der Waals surface area contributed by atoms with Crippen molar-refractivity contribution in [2.45, 2.75) is 58.0 Å². The second-order valence-electron chi connectivity index (χ2n) is 10.0. The summed E-state index contributed by atoms with van der Waals surface area (Å²) in [5, 5.41) is 2.76. The molecular formula is C24H39N5O2. The molecular weight excluding hydrogens is 390 g/mol. The zero-order chi connectivity index (χ0) is 22.6. The number of piperidine rings is 1. The smallest absolute Gasteiger partial charge is 0.317 e. The van der Waals surface area contributed by atoms with Crippen LogP contribution in [-0.2, 0) is 0 Å². The number of aromatic nitrogens is 1. The highest BCUT2D eigenvalue weighted by molar-refractivity contribution is 6.02. The van der Waals surface area contributed by atoms with E-state index in [2.05, 4.69) is 47.8 Å². The molecule has 0 spiro atoms. The summed E-state index contributed by atoms with van der Waals surface area (Å²) in [7, 11) is 1.66. The molecule has 1 aromatic rings. The second-order valence-corrected chi connectivity index (χ2v) is 10.0. The molecule has 0 radical (unpaired) electrons. The van der Waals surface area contributed by atoms with Gasteiger partial charge in [0.15, 0.2) is 0 Å². The van der Waals surface area contributed by atoms with Crippen LogP contribution in [0.2, 0.25) is 0 Å². The number of amides is 2. The maximum absolute atomic E-state index is 13.9. The molecule has 0 aromatic carbocycles. The second kappa shape index (κ2) is 9.65. The summed E-state index contributed by atoms with van der Waals surface area (Å²) >= 11 is 0. The van der Waals surface area contributed by atoms with Crippen LogP contribution in [0.5, 0.6) is 0 Å². The lowest BCUT2D eigenvalue weighted by Crippen LogP contribution is -2.69. The molecule has 7 nitrogen and oxygen atoms in total. The molecule has 0 saturated carbocycles. The Balaban J connectivity index is 1.85. The number of piperazine rings is 1. The van der Waals surface area contributed by atoms with E-state index < -0.39 is 11.1 Å². The van der Waals surface area contributed by atoms with Crippen LogP contribution < -0.4 is 5.32 Å². The Labute approximate surface area is 187 Å². The van der Waals surface area contributed by atoms with Crippen molar-refractivity contribution in [3.8, 4) is 0 Å². The Morgan fingerprint density at radius 1 is 1.13 bits per heavy atom. The van der Waals surface area contributed by atoms with Crippen molar-refractivity contribution in [1.82, 2.24) is 25.0 Å². The molecule has 31 heavy (non-hydrogen) atoms. The molecule has 2 amide bonds. The van der Waals surface area contributed by atoms with E-state index in [1.165, 1.54) is 6.42 Å². The fourth-order valence-electron chi connectivity index (χ4n) is 5.19. The molecule has 1 unspecified atom stereocenters. The van der Waals surface area contributed by atoms with Gasteiger partial charge in [-0.3, -0.25) is 14.7 Å². The maximum Gasteiger partial charge on any atom is 0.317 e. The van der Waals surface area contributed by atoms with Crippen LogP contribution in [0.4, 0.5) is 4.79 Å². The Kier molecular flexibility index (Phi) is 7.37. The summed E-state index contributed by atoms with van der Waals surface area (Å²) < 4.78 is 0. The SMILES string of the molecule is CNC(=O)N1CCC(C(=O)c2ccccn2)(N2CCN(CCC(C)C)CC2)CC1(C)C. The molecule has 3 rings (SSSR count). The Hall–Kier alpha value is -1.99. The van der Waals surface area contributed by atoms with E-state index in [9.17, 15) is 9.59 Å². The number of hydrogen-bond donors (Lipinski definition) is 1. The lowest BCUT2D eigenvalue weighted by atomic mass is 9.72. The lowest BCUT2D eigenvalue weighted by Gasteiger charge is -2.55. The number of urea groups is 1. The first-order valence-corrected chi connectivity index (χ1v) is 11.6. The average molecular weight is 430 g/mol. The van der Waals surface area contributed by atoms with E-state index in [1.807, 2.05) is 23.1 Å². The summed E-state index contributed by atoms with van der Waals surface area (Å²) in [5.74, 6) is 0.790. The minimum Gasteiger partial charge on any atom is -0.341 e. The lowest BCUT2D eigenvalue weighted by molar-refractivity contribution is -0.0304. The van der Waals surface area contributed by atoms with Gasteiger partial charge in [-0.15, -0.1) is 0 Å². The number of rotatable bonds is 6. The van der Waals surface area contributed by atoms with Crippen molar-refractivity contribution >= 4 is 11.8 Å². The van der Waals surface area contributed by atoms with E-state index in [4.69, 9.17) is 0 Å². The van der Waals surface area contributed by atoms with Crippen LogP contribution >= 0.6 is 0 Å². The van der Waals surface area contributed by atoms with Crippen LogP contribution in [0.1, 0.15) is 57.4 Å². The van der Waals surface area contributed by atoms with Gasteiger partial charge in [-0.2, -0.15) is 0 Å². The minimum absolute atomic E-state index is 0.0811. The largest absolute Gasteiger partial charge is 0.341 e. The van der Waals surface area contributed by atoms with Gasteiger partial charge in [-0.05, 0) is 57.7 Å². The van der Waals surface area contributed by atoms with Gasteiger partial charge in [-0.25, -0.2) is 4.79 Å². The minimum atomic E-state index is -0.632. The van der Waals surface area contributed by atoms with Crippen LogP contribution in [-0.4, -0.2) is 88.9 Å². The number of likely N-dealkylation sites (tertiary alicyclic amines) is 1. The molecule has 2 saturated heterocycles. The summed E-state index contributed by atoms with van der Waals surface area (Å²) in [6, 6.07) is 5.46. The zero-order valence-corrected chi connectivity index (χ0v) is 19.9. The number of carbonyl (C=O) groups is 2. The Morgan fingerprint density at radius 2 is 1.84 bits per heavy atom. The van der Waals surface area contributed by atoms with Gasteiger partial charge in [0, 0.05) is 51.5 Å². The summed E-state index contributed by atoms with van der Waals surface area (Å²) in [4.78, 5) is 37.6. The van der Waals surface area contributed by atoms with Gasteiger partial charge < -0.3 is 15.1 Å². The highest BCUT2D eigenvalue weighted by Crippen LogP contribution is 2.41. The van der Waals surface area contributed by atoms with Gasteiger partial charge in [0.05, 0.1) is 5.54 Å². The molecule has 7 heteroatoms. The van der Waals surface area contributed by atoms with E-state index >= 15 is 0 Å². The summed E-state index contributed by atoms with van der Waals surface area (Å²) in [5.41, 5.74) is -0.543. The van der Waals surface area contributed by atoms with Crippen LogP contribution in [0, 0.1) is 5.92 Å². The number of ketones is 1. The number of nitrogens with one attached hydrogen (secondary N) is 1. The molecule has 1 aromatic heterocycles. The molecule has 2 aliphatic heterocycles. The number of pyridine rings is 1. The van der Waals surface area contributed by atoms with E-state index in [0.717, 1.165) is 32.7 Å². The third-order valence-electron chi connectivity index (χ3n) is 6.98.